The van der Waals surface area contributed by atoms with E-state index < -0.39 is 34.5 Å². The maximum Gasteiger partial charge on any atom is 0.306 e. The number of carbonyl (C=O) groups excluding carboxylic acids is 1. The highest BCUT2D eigenvalue weighted by atomic mass is 19.1. The molecule has 2 atom stereocenters. The van der Waals surface area contributed by atoms with Crippen molar-refractivity contribution < 1.29 is 24.0 Å². The van der Waals surface area contributed by atoms with Gasteiger partial charge in [0.2, 0.25) is 5.91 Å². The average Bonchev–Trinajstić information content (AvgIpc) is 2.90. The van der Waals surface area contributed by atoms with Gasteiger partial charge in [-0.2, -0.15) is 0 Å². The molecule has 7 nitrogen and oxygen atoms in total. The van der Waals surface area contributed by atoms with Crippen molar-refractivity contribution in [2.24, 2.45) is 11.8 Å². The fourth-order valence-electron chi connectivity index (χ4n) is 2.40. The van der Waals surface area contributed by atoms with Gasteiger partial charge in [-0.05, 0) is 25.3 Å². The van der Waals surface area contributed by atoms with Gasteiger partial charge in [0.05, 0.1) is 16.5 Å². The van der Waals surface area contributed by atoms with Gasteiger partial charge in [0.1, 0.15) is 5.82 Å². The lowest BCUT2D eigenvalue weighted by molar-refractivity contribution is -0.384. The summed E-state index contributed by atoms with van der Waals surface area (Å²) in [5, 5.41) is 21.8. The highest BCUT2D eigenvalue weighted by Gasteiger charge is 2.34. The number of hydrogen-bond donors (Lipinski definition) is 2. The minimum Gasteiger partial charge on any atom is -0.481 e. The molecular formula is C13H13FN2O5. The fraction of sp³-hybridized carbons (Fsp3) is 0.385. The van der Waals surface area contributed by atoms with Crippen molar-refractivity contribution in [2.45, 2.75) is 19.3 Å². The van der Waals surface area contributed by atoms with Gasteiger partial charge in [-0.1, -0.05) is 0 Å². The Balaban J connectivity index is 2.08. The second-order valence-electron chi connectivity index (χ2n) is 4.96. The van der Waals surface area contributed by atoms with Gasteiger partial charge in [0.15, 0.2) is 0 Å². The van der Waals surface area contributed by atoms with Crippen molar-refractivity contribution in [2.75, 3.05) is 5.32 Å². The van der Waals surface area contributed by atoms with E-state index in [1.807, 2.05) is 0 Å². The second kappa shape index (κ2) is 5.86. The number of carbonyl (C=O) groups is 2. The Hall–Kier alpha value is -2.51. The molecule has 0 aliphatic heterocycles. The first-order valence-corrected chi connectivity index (χ1v) is 6.36. The van der Waals surface area contributed by atoms with E-state index in [-0.39, 0.29) is 17.8 Å². The summed E-state index contributed by atoms with van der Waals surface area (Å²) in [6, 6.07) is 2.85. The number of carboxylic acids is 1. The van der Waals surface area contributed by atoms with E-state index in [1.165, 1.54) is 0 Å². The van der Waals surface area contributed by atoms with Crippen LogP contribution in [-0.2, 0) is 9.59 Å². The van der Waals surface area contributed by atoms with Crippen molar-refractivity contribution in [3.8, 4) is 0 Å². The molecule has 1 aromatic carbocycles. The third-order valence-electron chi connectivity index (χ3n) is 3.57. The normalized spacial score (nSPS) is 21.0. The van der Waals surface area contributed by atoms with Crippen LogP contribution >= 0.6 is 0 Å². The minimum absolute atomic E-state index is 0.192. The number of aliphatic carboxylic acids is 1. The zero-order chi connectivity index (χ0) is 15.6. The molecule has 2 unspecified atom stereocenters. The maximum atomic E-state index is 13.6. The lowest BCUT2D eigenvalue weighted by Gasteiger charge is -2.11. The van der Waals surface area contributed by atoms with Crippen LogP contribution in [-0.4, -0.2) is 21.9 Å². The third-order valence-corrected chi connectivity index (χ3v) is 3.57. The molecule has 0 saturated heterocycles. The number of amides is 1. The largest absolute Gasteiger partial charge is 0.481 e. The number of benzene rings is 1. The predicted octanol–water partition coefficient (Wildman–Crippen LogP) is 2.17. The second-order valence-corrected chi connectivity index (χ2v) is 4.96. The van der Waals surface area contributed by atoms with Gasteiger partial charge in [0.25, 0.3) is 5.69 Å². The van der Waals surface area contributed by atoms with Crippen molar-refractivity contribution in [3.63, 3.8) is 0 Å². The number of nitrogens with one attached hydrogen (secondary N) is 1. The summed E-state index contributed by atoms with van der Waals surface area (Å²) in [6.07, 6.45) is 0.988. The first kappa shape index (κ1) is 14.9. The molecular weight excluding hydrogens is 283 g/mol. The van der Waals surface area contributed by atoms with Crippen LogP contribution in [0.2, 0.25) is 0 Å². The highest BCUT2D eigenvalue weighted by Crippen LogP contribution is 2.32. The number of halogens is 1. The Morgan fingerprint density at radius 1 is 1.33 bits per heavy atom. The molecule has 2 rings (SSSR count). The molecule has 0 radical (unpaired) electrons. The molecule has 1 fully saturated rings. The molecule has 21 heavy (non-hydrogen) atoms. The van der Waals surface area contributed by atoms with E-state index >= 15 is 0 Å². The first-order chi connectivity index (χ1) is 9.88. The van der Waals surface area contributed by atoms with E-state index in [0.717, 1.165) is 18.2 Å². The molecule has 0 spiro atoms. The molecule has 0 bridgehead atoms. The van der Waals surface area contributed by atoms with Gasteiger partial charge in [-0.25, -0.2) is 4.39 Å². The first-order valence-electron chi connectivity index (χ1n) is 6.36. The van der Waals surface area contributed by atoms with Crippen LogP contribution in [0.3, 0.4) is 0 Å². The average molecular weight is 296 g/mol. The van der Waals surface area contributed by atoms with Crippen molar-refractivity contribution in [3.05, 3.63) is 34.1 Å². The van der Waals surface area contributed by atoms with Crippen molar-refractivity contribution >= 4 is 23.3 Å². The van der Waals surface area contributed by atoms with E-state index in [0.29, 0.717) is 12.8 Å². The number of rotatable bonds is 4. The molecule has 1 aliphatic carbocycles. The molecule has 1 aliphatic rings. The summed E-state index contributed by atoms with van der Waals surface area (Å²) in [7, 11) is 0. The number of nitrogens with zero attached hydrogens (tertiary/aromatic N) is 1. The fourth-order valence-corrected chi connectivity index (χ4v) is 2.40. The van der Waals surface area contributed by atoms with Gasteiger partial charge in [-0.15, -0.1) is 0 Å². The minimum atomic E-state index is -0.952. The van der Waals surface area contributed by atoms with Crippen LogP contribution in [0, 0.1) is 27.8 Å². The summed E-state index contributed by atoms with van der Waals surface area (Å²) in [5.41, 5.74) is -0.602. The maximum absolute atomic E-state index is 13.6. The third kappa shape index (κ3) is 3.33. The summed E-state index contributed by atoms with van der Waals surface area (Å²) in [4.78, 5) is 32.8. The Kier molecular flexibility index (Phi) is 4.15. The predicted molar refractivity (Wildman–Crippen MR) is 70.2 cm³/mol. The number of nitro benzene ring substituents is 1. The van der Waals surface area contributed by atoms with Crippen LogP contribution in [0.4, 0.5) is 15.8 Å². The number of non-ortho nitro benzene ring substituents is 1. The smallest absolute Gasteiger partial charge is 0.306 e. The molecule has 0 heterocycles. The molecule has 0 aromatic heterocycles. The van der Waals surface area contributed by atoms with Crippen molar-refractivity contribution in [1.82, 2.24) is 0 Å². The van der Waals surface area contributed by atoms with E-state index in [4.69, 9.17) is 5.11 Å². The van der Waals surface area contributed by atoms with E-state index in [2.05, 4.69) is 5.32 Å². The molecule has 8 heteroatoms. The monoisotopic (exact) mass is 296 g/mol. The van der Waals surface area contributed by atoms with Crippen molar-refractivity contribution in [1.29, 1.82) is 0 Å². The number of nitro groups is 1. The summed E-state index contributed by atoms with van der Waals surface area (Å²) < 4.78 is 13.6. The van der Waals surface area contributed by atoms with Gasteiger partial charge >= 0.3 is 5.97 Å². The number of carboxylic acid groups (broad SMARTS) is 1. The van der Waals surface area contributed by atoms with Crippen LogP contribution in [0.25, 0.3) is 0 Å². The Morgan fingerprint density at radius 3 is 2.57 bits per heavy atom. The highest BCUT2D eigenvalue weighted by molar-refractivity contribution is 5.93. The number of anilines is 1. The van der Waals surface area contributed by atoms with Crippen LogP contribution in [0.1, 0.15) is 19.3 Å². The topological polar surface area (TPSA) is 110 Å². The van der Waals surface area contributed by atoms with E-state index in [1.54, 1.807) is 0 Å². The van der Waals surface area contributed by atoms with Crippen LogP contribution < -0.4 is 5.32 Å². The Bertz CT molecular complexity index is 604. The van der Waals surface area contributed by atoms with Gasteiger partial charge in [0, 0.05) is 18.1 Å². The Morgan fingerprint density at radius 2 is 2.00 bits per heavy atom. The summed E-state index contributed by atoms with van der Waals surface area (Å²) >= 11 is 0. The molecule has 1 amide bonds. The standard InChI is InChI=1S/C13H13FN2O5/c14-10-4-3-9(16(20)21)6-11(10)15-12(17)7-1-2-8(5-7)13(18)19/h3-4,6-8H,1-2,5H2,(H,15,17)(H,18,19). The summed E-state index contributed by atoms with van der Waals surface area (Å²) in [6.45, 7) is 0. The molecule has 2 N–H and O–H groups in total. The Labute approximate surface area is 118 Å². The number of hydrogen-bond acceptors (Lipinski definition) is 4. The molecule has 1 saturated carbocycles. The van der Waals surface area contributed by atoms with Crippen LogP contribution in [0.5, 0.6) is 0 Å². The lowest BCUT2D eigenvalue weighted by atomic mass is 10.0. The molecule has 112 valence electrons. The molecule has 1 aromatic rings. The zero-order valence-electron chi connectivity index (χ0n) is 10.9. The zero-order valence-corrected chi connectivity index (χ0v) is 10.9. The lowest BCUT2D eigenvalue weighted by Crippen LogP contribution is -2.22. The van der Waals surface area contributed by atoms with Gasteiger partial charge < -0.3 is 10.4 Å². The van der Waals surface area contributed by atoms with Gasteiger partial charge in [-0.3, -0.25) is 19.7 Å². The van der Waals surface area contributed by atoms with Crippen LogP contribution in [0.15, 0.2) is 18.2 Å². The quantitative estimate of drug-likeness (QED) is 0.653. The summed E-state index contributed by atoms with van der Waals surface area (Å²) in [5.74, 6) is -3.34. The van der Waals surface area contributed by atoms with E-state index in [9.17, 15) is 24.1 Å². The SMILES string of the molecule is O=C(O)C1CCC(C(=O)Nc2cc([N+](=O)[O-])ccc2F)C1.